The van der Waals surface area contributed by atoms with Gasteiger partial charge in [-0.2, -0.15) is 0 Å². The molecule has 5 heteroatoms. The monoisotopic (exact) mass is 285 g/mol. The second-order valence-electron chi connectivity index (χ2n) is 5.94. The van der Waals surface area contributed by atoms with Crippen molar-refractivity contribution in [2.75, 3.05) is 24.7 Å². The fraction of sp³-hybridized carbons (Fsp3) is 0.500. The largest absolute Gasteiger partial charge is 0.381 e. The van der Waals surface area contributed by atoms with Gasteiger partial charge in [0.1, 0.15) is 5.82 Å². The number of nitrogens with one attached hydrogen (secondary N) is 1. The summed E-state index contributed by atoms with van der Waals surface area (Å²) in [5.74, 6) is 0.673. The lowest BCUT2D eigenvalue weighted by atomic mass is 10.1. The van der Waals surface area contributed by atoms with Crippen LogP contribution in [0.25, 0.3) is 10.9 Å². The molecule has 2 aliphatic heterocycles. The predicted molar refractivity (Wildman–Crippen MR) is 82.0 cm³/mol. The molecule has 3 heterocycles. The number of aromatic amines is 1. The van der Waals surface area contributed by atoms with Crippen LogP contribution in [0.5, 0.6) is 0 Å². The lowest BCUT2D eigenvalue weighted by Gasteiger charge is -2.33. The Kier molecular flexibility index (Phi) is 2.96. The van der Waals surface area contributed by atoms with E-state index in [0.717, 1.165) is 44.5 Å². The maximum Gasteiger partial charge on any atom is 0.258 e. The van der Waals surface area contributed by atoms with E-state index in [0.29, 0.717) is 17.3 Å². The third-order valence-corrected chi connectivity index (χ3v) is 4.59. The number of aryl methyl sites for hydroxylation is 1. The molecule has 1 saturated heterocycles. The van der Waals surface area contributed by atoms with Crippen molar-refractivity contribution in [2.24, 2.45) is 0 Å². The molecule has 0 unspecified atom stereocenters. The van der Waals surface area contributed by atoms with Crippen LogP contribution in [0, 0.1) is 6.92 Å². The van der Waals surface area contributed by atoms with E-state index in [2.05, 4.69) is 20.9 Å². The minimum absolute atomic E-state index is 0.0425. The van der Waals surface area contributed by atoms with Crippen molar-refractivity contribution in [3.8, 4) is 0 Å². The van der Waals surface area contributed by atoms with E-state index in [1.54, 1.807) is 0 Å². The summed E-state index contributed by atoms with van der Waals surface area (Å²) in [6.07, 6.45) is 3.18. The summed E-state index contributed by atoms with van der Waals surface area (Å²) in [5, 5.41) is 0.693. The minimum atomic E-state index is -0.0425. The van der Waals surface area contributed by atoms with Crippen LogP contribution in [0.4, 0.5) is 5.69 Å². The number of benzene rings is 1. The summed E-state index contributed by atoms with van der Waals surface area (Å²) >= 11 is 0. The highest BCUT2D eigenvalue weighted by Crippen LogP contribution is 2.34. The van der Waals surface area contributed by atoms with Crippen LogP contribution in [0.3, 0.4) is 0 Å². The first-order valence-corrected chi connectivity index (χ1v) is 7.60. The Morgan fingerprint density at radius 2 is 2.14 bits per heavy atom. The van der Waals surface area contributed by atoms with Crippen molar-refractivity contribution in [1.29, 1.82) is 0 Å². The van der Waals surface area contributed by atoms with Crippen molar-refractivity contribution >= 4 is 16.6 Å². The topological polar surface area (TPSA) is 58.2 Å². The molecule has 2 aromatic rings. The Labute approximate surface area is 122 Å². The summed E-state index contributed by atoms with van der Waals surface area (Å²) in [4.78, 5) is 21.9. The van der Waals surface area contributed by atoms with Crippen LogP contribution in [-0.4, -0.2) is 35.8 Å². The van der Waals surface area contributed by atoms with Crippen LogP contribution in [0.1, 0.15) is 24.2 Å². The van der Waals surface area contributed by atoms with E-state index < -0.39 is 0 Å². The van der Waals surface area contributed by atoms with Crippen LogP contribution >= 0.6 is 0 Å². The van der Waals surface area contributed by atoms with E-state index in [1.807, 2.05) is 13.0 Å². The number of hydrogen-bond donors (Lipinski definition) is 1. The van der Waals surface area contributed by atoms with Crippen LogP contribution in [-0.2, 0) is 11.2 Å². The third-order valence-electron chi connectivity index (χ3n) is 4.59. The zero-order valence-corrected chi connectivity index (χ0v) is 12.2. The van der Waals surface area contributed by atoms with Gasteiger partial charge >= 0.3 is 0 Å². The normalized spacial score (nSPS) is 19.2. The van der Waals surface area contributed by atoms with Gasteiger partial charge < -0.3 is 14.6 Å². The van der Waals surface area contributed by atoms with Gasteiger partial charge in [-0.1, -0.05) is 0 Å². The molecule has 21 heavy (non-hydrogen) atoms. The van der Waals surface area contributed by atoms with Gasteiger partial charge in [0.2, 0.25) is 0 Å². The Morgan fingerprint density at radius 3 is 2.95 bits per heavy atom. The summed E-state index contributed by atoms with van der Waals surface area (Å²) in [6.45, 7) is 4.53. The molecule has 0 amide bonds. The van der Waals surface area contributed by atoms with E-state index in [4.69, 9.17) is 4.74 Å². The van der Waals surface area contributed by atoms with Crippen LogP contribution in [0.15, 0.2) is 16.9 Å². The molecular formula is C16H19N3O2. The summed E-state index contributed by atoms with van der Waals surface area (Å²) in [5.41, 5.74) is 3.29. The molecule has 1 aromatic carbocycles. The maximum atomic E-state index is 12.1. The first kappa shape index (κ1) is 12.8. The number of fused-ring (bicyclic) bond motifs is 2. The molecule has 0 saturated carbocycles. The Balaban J connectivity index is 1.81. The quantitative estimate of drug-likeness (QED) is 0.867. The molecule has 110 valence electrons. The molecule has 4 rings (SSSR count). The standard InChI is InChI=1S/C16H19N3O2/c1-10-17-14-8-11-2-5-19(12-3-6-21-7-4-12)15(11)9-13(14)16(20)18-10/h8-9,12H,2-7H2,1H3,(H,17,18,20). The molecule has 0 bridgehead atoms. The van der Waals surface area contributed by atoms with Crippen molar-refractivity contribution in [1.82, 2.24) is 9.97 Å². The first-order valence-electron chi connectivity index (χ1n) is 7.60. The van der Waals surface area contributed by atoms with Crippen molar-refractivity contribution in [3.05, 3.63) is 33.9 Å². The lowest BCUT2D eigenvalue weighted by molar-refractivity contribution is 0.0848. The Hall–Kier alpha value is -1.88. The van der Waals surface area contributed by atoms with Crippen LogP contribution in [0.2, 0.25) is 0 Å². The number of aromatic nitrogens is 2. The van der Waals surface area contributed by atoms with Crippen molar-refractivity contribution in [2.45, 2.75) is 32.2 Å². The zero-order chi connectivity index (χ0) is 14.4. The third kappa shape index (κ3) is 2.12. The van der Waals surface area contributed by atoms with Crippen molar-refractivity contribution < 1.29 is 4.74 Å². The van der Waals surface area contributed by atoms with Gasteiger partial charge in [-0.3, -0.25) is 4.79 Å². The molecule has 1 N–H and O–H groups in total. The van der Waals surface area contributed by atoms with Gasteiger partial charge in [-0.05, 0) is 43.9 Å². The SMILES string of the molecule is Cc1nc2cc3c(cc2c(=O)[nH]1)N(C1CCOCC1)CC3. The lowest BCUT2D eigenvalue weighted by Crippen LogP contribution is -2.38. The highest BCUT2D eigenvalue weighted by Gasteiger charge is 2.28. The second kappa shape index (κ2) is 4.84. The summed E-state index contributed by atoms with van der Waals surface area (Å²) in [6, 6.07) is 4.65. The van der Waals surface area contributed by atoms with E-state index in [-0.39, 0.29) is 5.56 Å². The second-order valence-corrected chi connectivity index (χ2v) is 5.94. The summed E-state index contributed by atoms with van der Waals surface area (Å²) in [7, 11) is 0. The van der Waals surface area contributed by atoms with Gasteiger partial charge in [0.25, 0.3) is 5.56 Å². The number of H-pyrrole nitrogens is 1. The molecule has 5 nitrogen and oxygen atoms in total. The number of rotatable bonds is 1. The minimum Gasteiger partial charge on any atom is -0.381 e. The van der Waals surface area contributed by atoms with E-state index in [1.165, 1.54) is 11.3 Å². The Morgan fingerprint density at radius 1 is 1.33 bits per heavy atom. The highest BCUT2D eigenvalue weighted by atomic mass is 16.5. The maximum absolute atomic E-state index is 12.1. The molecular weight excluding hydrogens is 266 g/mol. The number of hydrogen-bond acceptors (Lipinski definition) is 4. The van der Waals surface area contributed by atoms with Gasteiger partial charge in [0, 0.05) is 31.5 Å². The molecule has 0 spiro atoms. The highest BCUT2D eigenvalue weighted by molar-refractivity contribution is 5.84. The predicted octanol–water partition coefficient (Wildman–Crippen LogP) is 1.77. The number of ether oxygens (including phenoxy) is 1. The fourth-order valence-electron chi connectivity index (χ4n) is 3.54. The van der Waals surface area contributed by atoms with E-state index in [9.17, 15) is 4.79 Å². The van der Waals surface area contributed by atoms with Gasteiger partial charge in [-0.25, -0.2) is 4.98 Å². The zero-order valence-electron chi connectivity index (χ0n) is 12.2. The van der Waals surface area contributed by atoms with Gasteiger partial charge in [-0.15, -0.1) is 0 Å². The first-order chi connectivity index (χ1) is 10.2. The van der Waals surface area contributed by atoms with Gasteiger partial charge in [0.05, 0.1) is 10.9 Å². The number of nitrogens with zero attached hydrogens (tertiary/aromatic N) is 2. The van der Waals surface area contributed by atoms with Crippen LogP contribution < -0.4 is 10.5 Å². The smallest absolute Gasteiger partial charge is 0.258 e. The number of anilines is 1. The average Bonchev–Trinajstić information content (AvgIpc) is 2.89. The molecule has 2 aliphatic rings. The Bertz CT molecular complexity index is 747. The molecule has 0 radical (unpaired) electrons. The van der Waals surface area contributed by atoms with Crippen molar-refractivity contribution in [3.63, 3.8) is 0 Å². The molecule has 0 atom stereocenters. The fourth-order valence-corrected chi connectivity index (χ4v) is 3.54. The molecule has 1 fully saturated rings. The van der Waals surface area contributed by atoms with Gasteiger partial charge in [0.15, 0.2) is 0 Å². The molecule has 1 aromatic heterocycles. The van der Waals surface area contributed by atoms with E-state index >= 15 is 0 Å². The molecule has 0 aliphatic carbocycles. The average molecular weight is 285 g/mol. The summed E-state index contributed by atoms with van der Waals surface area (Å²) < 4.78 is 5.46.